The number of hydrogen-bond donors (Lipinski definition) is 1. The summed E-state index contributed by atoms with van der Waals surface area (Å²) in [5.41, 5.74) is 0.789. The van der Waals surface area contributed by atoms with E-state index in [0.29, 0.717) is 15.7 Å². The fourth-order valence-corrected chi connectivity index (χ4v) is 2.82. The number of aromatic nitrogens is 1. The fraction of sp³-hybridized carbons (Fsp3) is 0.0588. The highest BCUT2D eigenvalue weighted by molar-refractivity contribution is 7.12. The Morgan fingerprint density at radius 1 is 1.29 bits per heavy atom. The zero-order valence-corrected chi connectivity index (χ0v) is 13.9. The third-order valence-electron chi connectivity index (χ3n) is 3.08. The lowest BCUT2D eigenvalue weighted by Gasteiger charge is -2.05. The van der Waals surface area contributed by atoms with E-state index in [4.69, 9.17) is 16.3 Å². The summed E-state index contributed by atoms with van der Waals surface area (Å²) in [6, 6.07) is 11.2. The van der Waals surface area contributed by atoms with E-state index >= 15 is 0 Å². The van der Waals surface area contributed by atoms with E-state index in [2.05, 4.69) is 10.3 Å². The van der Waals surface area contributed by atoms with Crippen LogP contribution < -0.4 is 10.1 Å². The molecule has 0 aliphatic carbocycles. The maximum atomic E-state index is 13.5. The molecule has 0 saturated heterocycles. The van der Waals surface area contributed by atoms with Crippen LogP contribution in [0.15, 0.2) is 54.0 Å². The second-order valence-electron chi connectivity index (χ2n) is 4.85. The Balaban J connectivity index is 1.61. The van der Waals surface area contributed by atoms with E-state index in [0.717, 1.165) is 5.56 Å². The molecule has 0 saturated carbocycles. The van der Waals surface area contributed by atoms with Gasteiger partial charge in [0.25, 0.3) is 5.91 Å². The van der Waals surface area contributed by atoms with Gasteiger partial charge in [0.2, 0.25) is 0 Å². The van der Waals surface area contributed by atoms with Crippen LogP contribution in [0.5, 0.6) is 5.75 Å². The van der Waals surface area contributed by atoms with Gasteiger partial charge in [0.1, 0.15) is 12.4 Å². The molecule has 2 heterocycles. The molecular formula is C17H12ClFN2O2S. The van der Waals surface area contributed by atoms with Gasteiger partial charge in [-0.15, -0.1) is 11.3 Å². The molecule has 24 heavy (non-hydrogen) atoms. The standard InChI is InChI=1S/C17H12ClFN2O2S/c18-12-5-6-16(20-8-12)21-17(22)15-7-11(10-24-15)9-23-14-4-2-1-3-13(14)19/h1-8,10H,9H2,(H,20,21,22). The van der Waals surface area contributed by atoms with Crippen LogP contribution in [-0.2, 0) is 6.61 Å². The smallest absolute Gasteiger partial charge is 0.266 e. The molecule has 0 radical (unpaired) electrons. The third-order valence-corrected chi connectivity index (χ3v) is 4.28. The summed E-state index contributed by atoms with van der Waals surface area (Å²) >= 11 is 7.03. The number of nitrogens with zero attached hydrogens (tertiary/aromatic N) is 1. The molecule has 0 unspecified atom stereocenters. The summed E-state index contributed by atoms with van der Waals surface area (Å²) in [5, 5.41) is 4.98. The van der Waals surface area contributed by atoms with Crippen LogP contribution in [0.1, 0.15) is 15.2 Å². The molecule has 0 spiro atoms. The number of anilines is 1. The second kappa shape index (κ2) is 7.42. The van der Waals surface area contributed by atoms with Gasteiger partial charge in [-0.05, 0) is 35.7 Å². The Bertz CT molecular complexity index is 852. The lowest BCUT2D eigenvalue weighted by atomic mass is 10.3. The number of carbonyl (C=O) groups excluding carboxylic acids is 1. The zero-order chi connectivity index (χ0) is 16.9. The zero-order valence-electron chi connectivity index (χ0n) is 12.3. The van der Waals surface area contributed by atoms with E-state index in [1.54, 1.807) is 41.8 Å². The van der Waals surface area contributed by atoms with Crippen molar-refractivity contribution in [2.45, 2.75) is 6.61 Å². The van der Waals surface area contributed by atoms with E-state index in [1.165, 1.54) is 23.6 Å². The number of rotatable bonds is 5. The number of carbonyl (C=O) groups is 1. The van der Waals surface area contributed by atoms with E-state index in [-0.39, 0.29) is 18.3 Å². The number of halogens is 2. The maximum Gasteiger partial charge on any atom is 0.266 e. The molecule has 1 N–H and O–H groups in total. The van der Waals surface area contributed by atoms with Crippen LogP contribution in [0.2, 0.25) is 5.02 Å². The van der Waals surface area contributed by atoms with Gasteiger partial charge in [0.05, 0.1) is 9.90 Å². The molecule has 122 valence electrons. The van der Waals surface area contributed by atoms with Crippen molar-refractivity contribution in [3.63, 3.8) is 0 Å². The Kier molecular flexibility index (Phi) is 5.08. The van der Waals surface area contributed by atoms with Gasteiger partial charge in [-0.25, -0.2) is 9.37 Å². The SMILES string of the molecule is O=C(Nc1ccc(Cl)cn1)c1cc(COc2ccccc2F)cs1. The molecule has 7 heteroatoms. The second-order valence-corrected chi connectivity index (χ2v) is 6.20. The average molecular weight is 363 g/mol. The van der Waals surface area contributed by atoms with Gasteiger partial charge in [-0.3, -0.25) is 4.79 Å². The Morgan fingerprint density at radius 2 is 2.12 bits per heavy atom. The summed E-state index contributed by atoms with van der Waals surface area (Å²) in [4.78, 5) is 16.7. The third kappa shape index (κ3) is 4.10. The molecule has 0 aliphatic heterocycles. The summed E-state index contributed by atoms with van der Waals surface area (Å²) in [5.74, 6) is -0.0894. The van der Waals surface area contributed by atoms with Crippen molar-refractivity contribution in [1.82, 2.24) is 4.98 Å². The average Bonchev–Trinajstić information content (AvgIpc) is 3.05. The number of thiophene rings is 1. The maximum absolute atomic E-state index is 13.5. The van der Waals surface area contributed by atoms with E-state index in [1.807, 2.05) is 0 Å². The highest BCUT2D eigenvalue weighted by Crippen LogP contribution is 2.21. The first-order valence-corrected chi connectivity index (χ1v) is 8.25. The number of ether oxygens (including phenoxy) is 1. The minimum atomic E-state index is -0.417. The van der Waals surface area contributed by atoms with E-state index < -0.39 is 5.82 Å². The molecule has 3 aromatic rings. The molecule has 2 aromatic heterocycles. The van der Waals surface area contributed by atoms with Crippen LogP contribution in [-0.4, -0.2) is 10.9 Å². The molecule has 0 aliphatic rings. The van der Waals surface area contributed by atoms with Crippen molar-refractivity contribution in [3.8, 4) is 5.75 Å². The molecule has 1 aromatic carbocycles. The van der Waals surface area contributed by atoms with Crippen molar-refractivity contribution >= 4 is 34.7 Å². The molecular weight excluding hydrogens is 351 g/mol. The van der Waals surface area contributed by atoms with Gasteiger partial charge in [-0.1, -0.05) is 23.7 Å². The highest BCUT2D eigenvalue weighted by Gasteiger charge is 2.11. The van der Waals surface area contributed by atoms with Crippen molar-refractivity contribution in [2.24, 2.45) is 0 Å². The molecule has 4 nitrogen and oxygen atoms in total. The minimum Gasteiger partial charge on any atom is -0.486 e. The monoisotopic (exact) mass is 362 g/mol. The summed E-state index contributed by atoms with van der Waals surface area (Å²) < 4.78 is 18.9. The predicted molar refractivity (Wildman–Crippen MR) is 92.3 cm³/mol. The van der Waals surface area contributed by atoms with Gasteiger partial charge in [0.15, 0.2) is 11.6 Å². The van der Waals surface area contributed by atoms with Gasteiger partial charge in [0, 0.05) is 11.8 Å². The van der Waals surface area contributed by atoms with Crippen molar-refractivity contribution in [1.29, 1.82) is 0 Å². The minimum absolute atomic E-state index is 0.181. The lowest BCUT2D eigenvalue weighted by molar-refractivity contribution is 0.103. The van der Waals surface area contributed by atoms with Crippen LogP contribution in [0.4, 0.5) is 10.2 Å². The topological polar surface area (TPSA) is 51.2 Å². The summed E-state index contributed by atoms with van der Waals surface area (Å²) in [7, 11) is 0. The number of pyridine rings is 1. The van der Waals surface area contributed by atoms with Crippen LogP contribution in [0, 0.1) is 5.82 Å². The number of amides is 1. The van der Waals surface area contributed by atoms with E-state index in [9.17, 15) is 9.18 Å². The normalized spacial score (nSPS) is 10.4. The number of hydrogen-bond acceptors (Lipinski definition) is 4. The first-order valence-electron chi connectivity index (χ1n) is 6.99. The van der Waals surface area contributed by atoms with Crippen molar-refractivity contribution < 1.29 is 13.9 Å². The number of nitrogens with one attached hydrogen (secondary N) is 1. The molecule has 0 fully saturated rings. The Labute approximate surface area is 146 Å². The first kappa shape index (κ1) is 16.4. The van der Waals surface area contributed by atoms with Crippen molar-refractivity contribution in [2.75, 3.05) is 5.32 Å². The van der Waals surface area contributed by atoms with Crippen LogP contribution in [0.3, 0.4) is 0 Å². The number of para-hydroxylation sites is 1. The van der Waals surface area contributed by atoms with Gasteiger partial charge in [-0.2, -0.15) is 0 Å². The predicted octanol–water partition coefficient (Wildman–Crippen LogP) is 4.77. The fourth-order valence-electron chi connectivity index (χ4n) is 1.92. The Morgan fingerprint density at radius 3 is 2.88 bits per heavy atom. The number of benzene rings is 1. The van der Waals surface area contributed by atoms with Crippen molar-refractivity contribution in [3.05, 3.63) is 75.3 Å². The van der Waals surface area contributed by atoms with Crippen LogP contribution in [0.25, 0.3) is 0 Å². The summed E-state index contributed by atoms with van der Waals surface area (Å²) in [6.07, 6.45) is 1.46. The molecule has 0 atom stereocenters. The molecule has 1 amide bonds. The quantitative estimate of drug-likeness (QED) is 0.711. The molecule has 3 rings (SSSR count). The lowest BCUT2D eigenvalue weighted by Crippen LogP contribution is -2.11. The molecule has 0 bridgehead atoms. The summed E-state index contributed by atoms with van der Waals surface area (Å²) in [6.45, 7) is 0.184. The van der Waals surface area contributed by atoms with Gasteiger partial charge < -0.3 is 10.1 Å². The van der Waals surface area contributed by atoms with Gasteiger partial charge >= 0.3 is 0 Å². The first-order chi connectivity index (χ1) is 11.6. The highest BCUT2D eigenvalue weighted by atomic mass is 35.5. The van der Waals surface area contributed by atoms with Crippen LogP contribution >= 0.6 is 22.9 Å². The Hall–Kier alpha value is -2.44. The largest absolute Gasteiger partial charge is 0.486 e.